The lowest BCUT2D eigenvalue weighted by Gasteiger charge is -2.33. The predicted molar refractivity (Wildman–Crippen MR) is 105 cm³/mol. The third kappa shape index (κ3) is 4.73. The minimum absolute atomic E-state index is 0.0113. The number of aryl methyl sites for hydroxylation is 2. The molecule has 1 fully saturated rings. The van der Waals surface area contributed by atoms with Crippen LogP contribution in [0.3, 0.4) is 0 Å². The molecule has 1 aliphatic rings. The highest BCUT2D eigenvalue weighted by Gasteiger charge is 2.29. The summed E-state index contributed by atoms with van der Waals surface area (Å²) in [6.45, 7) is 7.14. The average Bonchev–Trinajstić information content (AvgIpc) is 2.67. The lowest BCUT2D eigenvalue weighted by Crippen LogP contribution is -2.45. The second kappa shape index (κ2) is 8.33. The van der Waals surface area contributed by atoms with Gasteiger partial charge in [-0.3, -0.25) is 14.6 Å². The van der Waals surface area contributed by atoms with Gasteiger partial charge in [0.1, 0.15) is 0 Å². The molecule has 1 aromatic heterocycles. The molecule has 2 aromatic rings. The van der Waals surface area contributed by atoms with Crippen LogP contribution in [0.2, 0.25) is 0 Å². The first-order chi connectivity index (χ1) is 12.9. The Bertz CT molecular complexity index is 799. The van der Waals surface area contributed by atoms with E-state index in [4.69, 9.17) is 0 Å². The molecule has 0 bridgehead atoms. The van der Waals surface area contributed by atoms with Crippen molar-refractivity contribution in [1.82, 2.24) is 15.2 Å². The summed E-state index contributed by atoms with van der Waals surface area (Å²) in [6, 6.07) is 9.63. The number of nitrogens with zero attached hydrogens (tertiary/aromatic N) is 2. The molecule has 27 heavy (non-hydrogen) atoms. The molecule has 1 aliphatic heterocycles. The average molecular weight is 365 g/mol. The summed E-state index contributed by atoms with van der Waals surface area (Å²) in [5.41, 5.74) is 3.89. The summed E-state index contributed by atoms with van der Waals surface area (Å²) in [4.78, 5) is 31.5. The molecule has 1 saturated heterocycles. The predicted octanol–water partition coefficient (Wildman–Crippen LogP) is 3.43. The molecule has 1 N–H and O–H groups in total. The zero-order valence-corrected chi connectivity index (χ0v) is 16.2. The van der Waals surface area contributed by atoms with Crippen molar-refractivity contribution in [3.63, 3.8) is 0 Å². The van der Waals surface area contributed by atoms with Crippen molar-refractivity contribution in [2.24, 2.45) is 5.92 Å². The van der Waals surface area contributed by atoms with Gasteiger partial charge in [-0.15, -0.1) is 0 Å². The second-order valence-corrected chi connectivity index (χ2v) is 7.48. The summed E-state index contributed by atoms with van der Waals surface area (Å²) in [5.74, 6) is -0.142. The molecule has 5 nitrogen and oxygen atoms in total. The molecule has 0 spiro atoms. The van der Waals surface area contributed by atoms with Crippen LogP contribution in [-0.4, -0.2) is 34.8 Å². The van der Waals surface area contributed by atoms with E-state index in [9.17, 15) is 9.59 Å². The number of benzene rings is 1. The Balaban J connectivity index is 1.64. The van der Waals surface area contributed by atoms with Gasteiger partial charge in [-0.1, -0.05) is 17.2 Å². The number of amides is 2. The van der Waals surface area contributed by atoms with Crippen LogP contribution in [0.4, 0.5) is 0 Å². The molecular formula is C22H27N3O2. The first-order valence-corrected chi connectivity index (χ1v) is 9.52. The molecule has 2 heterocycles. The molecule has 0 aliphatic carbocycles. The van der Waals surface area contributed by atoms with E-state index in [0.29, 0.717) is 18.7 Å². The van der Waals surface area contributed by atoms with E-state index in [1.165, 1.54) is 0 Å². The van der Waals surface area contributed by atoms with Gasteiger partial charge in [-0.05, 0) is 63.4 Å². The topological polar surface area (TPSA) is 62.3 Å². The summed E-state index contributed by atoms with van der Waals surface area (Å²) >= 11 is 0. The van der Waals surface area contributed by atoms with Crippen molar-refractivity contribution < 1.29 is 9.59 Å². The molecule has 3 rings (SSSR count). The Morgan fingerprint density at radius 1 is 1.15 bits per heavy atom. The Morgan fingerprint density at radius 3 is 2.48 bits per heavy atom. The standard InChI is InChI=1S/C22H27N3O2/c1-15-11-16(2)13-20(12-15)22(27)25-10-4-5-19(14-25)21(26)24-17(3)18-6-8-23-9-7-18/h6-9,11-13,17,19H,4-5,10,14H2,1-3H3,(H,24,26)/t17-,19+/m1/s1. The van der Waals surface area contributed by atoms with E-state index in [-0.39, 0.29) is 23.8 Å². The number of likely N-dealkylation sites (tertiary alicyclic amines) is 1. The first-order valence-electron chi connectivity index (χ1n) is 9.52. The fourth-order valence-electron chi connectivity index (χ4n) is 3.72. The highest BCUT2D eigenvalue weighted by Crippen LogP contribution is 2.21. The van der Waals surface area contributed by atoms with Crippen LogP contribution in [0.1, 0.15) is 52.9 Å². The molecule has 2 amide bonds. The molecular weight excluding hydrogens is 338 g/mol. The summed E-state index contributed by atoms with van der Waals surface area (Å²) in [7, 11) is 0. The highest BCUT2D eigenvalue weighted by molar-refractivity contribution is 5.95. The minimum Gasteiger partial charge on any atom is -0.349 e. The van der Waals surface area contributed by atoms with E-state index in [1.54, 1.807) is 12.4 Å². The second-order valence-electron chi connectivity index (χ2n) is 7.48. The Kier molecular flexibility index (Phi) is 5.89. The van der Waals surface area contributed by atoms with Gasteiger partial charge in [0.05, 0.1) is 12.0 Å². The summed E-state index contributed by atoms with van der Waals surface area (Å²) < 4.78 is 0. The summed E-state index contributed by atoms with van der Waals surface area (Å²) in [5, 5.41) is 3.08. The molecule has 5 heteroatoms. The maximum absolute atomic E-state index is 12.9. The smallest absolute Gasteiger partial charge is 0.253 e. The van der Waals surface area contributed by atoms with Crippen molar-refractivity contribution in [3.05, 3.63) is 65.0 Å². The highest BCUT2D eigenvalue weighted by atomic mass is 16.2. The Labute approximate surface area is 160 Å². The zero-order chi connectivity index (χ0) is 19.4. The lowest BCUT2D eigenvalue weighted by atomic mass is 9.95. The van der Waals surface area contributed by atoms with Crippen LogP contribution in [0.5, 0.6) is 0 Å². The van der Waals surface area contributed by atoms with Gasteiger partial charge in [0, 0.05) is 31.0 Å². The summed E-state index contributed by atoms with van der Waals surface area (Å²) in [6.07, 6.45) is 5.11. The Hall–Kier alpha value is -2.69. The first kappa shape index (κ1) is 19.1. The van der Waals surface area contributed by atoms with Crippen molar-refractivity contribution in [2.75, 3.05) is 13.1 Å². The van der Waals surface area contributed by atoms with Crippen molar-refractivity contribution >= 4 is 11.8 Å². The van der Waals surface area contributed by atoms with Crippen molar-refractivity contribution in [3.8, 4) is 0 Å². The maximum Gasteiger partial charge on any atom is 0.253 e. The van der Waals surface area contributed by atoms with Crippen LogP contribution < -0.4 is 5.32 Å². The lowest BCUT2D eigenvalue weighted by molar-refractivity contribution is -0.127. The number of pyridine rings is 1. The molecule has 142 valence electrons. The number of carbonyl (C=O) groups excluding carboxylic acids is 2. The van der Waals surface area contributed by atoms with E-state index in [0.717, 1.165) is 29.5 Å². The molecule has 1 aromatic carbocycles. The molecule has 0 radical (unpaired) electrons. The van der Waals surface area contributed by atoms with E-state index in [2.05, 4.69) is 16.4 Å². The number of carbonyl (C=O) groups is 2. The van der Waals surface area contributed by atoms with E-state index in [1.807, 2.05) is 49.9 Å². The van der Waals surface area contributed by atoms with Crippen molar-refractivity contribution in [2.45, 2.75) is 39.7 Å². The van der Waals surface area contributed by atoms with Crippen LogP contribution in [0, 0.1) is 19.8 Å². The number of rotatable bonds is 4. The van der Waals surface area contributed by atoms with Crippen molar-refractivity contribution in [1.29, 1.82) is 0 Å². The number of nitrogens with one attached hydrogen (secondary N) is 1. The molecule has 0 saturated carbocycles. The third-order valence-corrected chi connectivity index (χ3v) is 5.11. The largest absolute Gasteiger partial charge is 0.349 e. The maximum atomic E-state index is 12.9. The van der Waals surface area contributed by atoms with Crippen LogP contribution in [0.25, 0.3) is 0 Å². The normalized spacial score (nSPS) is 18.0. The van der Waals surface area contributed by atoms with Crippen LogP contribution >= 0.6 is 0 Å². The monoisotopic (exact) mass is 365 g/mol. The fourth-order valence-corrected chi connectivity index (χ4v) is 3.72. The number of hydrogen-bond acceptors (Lipinski definition) is 3. The SMILES string of the molecule is Cc1cc(C)cc(C(=O)N2CCC[C@H](C(=O)N[C@H](C)c3ccncc3)C2)c1. The van der Waals surface area contributed by atoms with Crippen LogP contribution in [-0.2, 0) is 4.79 Å². The third-order valence-electron chi connectivity index (χ3n) is 5.11. The van der Waals surface area contributed by atoms with Gasteiger partial charge in [0.2, 0.25) is 5.91 Å². The molecule has 0 unspecified atom stereocenters. The van der Waals surface area contributed by atoms with Gasteiger partial charge >= 0.3 is 0 Å². The van der Waals surface area contributed by atoms with Gasteiger partial charge in [0.25, 0.3) is 5.91 Å². The zero-order valence-electron chi connectivity index (χ0n) is 16.2. The number of aromatic nitrogens is 1. The number of piperidine rings is 1. The van der Waals surface area contributed by atoms with E-state index >= 15 is 0 Å². The fraction of sp³-hybridized carbons (Fsp3) is 0.409. The van der Waals surface area contributed by atoms with Gasteiger partial charge < -0.3 is 10.2 Å². The Morgan fingerprint density at radius 2 is 1.81 bits per heavy atom. The number of hydrogen-bond donors (Lipinski definition) is 1. The van der Waals surface area contributed by atoms with Crippen LogP contribution in [0.15, 0.2) is 42.7 Å². The quantitative estimate of drug-likeness (QED) is 0.903. The van der Waals surface area contributed by atoms with E-state index < -0.39 is 0 Å². The van der Waals surface area contributed by atoms with Gasteiger partial charge in [0.15, 0.2) is 0 Å². The van der Waals surface area contributed by atoms with Gasteiger partial charge in [-0.2, -0.15) is 0 Å². The minimum atomic E-state index is -0.169. The molecule has 2 atom stereocenters. The van der Waals surface area contributed by atoms with Gasteiger partial charge in [-0.25, -0.2) is 0 Å².